The highest BCUT2D eigenvalue weighted by atomic mass is 16.3. The summed E-state index contributed by atoms with van der Waals surface area (Å²) in [7, 11) is 0. The van der Waals surface area contributed by atoms with Gasteiger partial charge in [-0.1, -0.05) is 0 Å². The summed E-state index contributed by atoms with van der Waals surface area (Å²) in [5, 5.41) is 12.2. The van der Waals surface area contributed by atoms with Crippen LogP contribution in [-0.4, -0.2) is 27.7 Å². The molecule has 4 heteroatoms. The number of nitrogens with one attached hydrogen (secondary N) is 1. The Morgan fingerprint density at radius 1 is 1.50 bits per heavy atom. The SMILES string of the molecule is Cc1cnc(C)c(NCC[C@@H](C)O)n1. The van der Waals surface area contributed by atoms with Crippen LogP contribution < -0.4 is 5.32 Å². The molecular formula is C10H17N3O. The molecule has 0 unspecified atom stereocenters. The first-order valence-corrected chi connectivity index (χ1v) is 4.82. The summed E-state index contributed by atoms with van der Waals surface area (Å²) in [5.74, 6) is 0.811. The molecule has 0 saturated carbocycles. The van der Waals surface area contributed by atoms with E-state index in [2.05, 4.69) is 15.3 Å². The normalized spacial score (nSPS) is 12.6. The second-order valence-electron chi connectivity index (χ2n) is 3.51. The van der Waals surface area contributed by atoms with Gasteiger partial charge < -0.3 is 10.4 Å². The van der Waals surface area contributed by atoms with Crippen LogP contribution in [0, 0.1) is 13.8 Å². The predicted octanol–water partition coefficient (Wildman–Crippen LogP) is 1.28. The molecule has 0 bridgehead atoms. The Balaban J connectivity index is 2.53. The molecule has 1 atom stereocenters. The maximum Gasteiger partial charge on any atom is 0.147 e. The van der Waals surface area contributed by atoms with E-state index in [0.29, 0.717) is 0 Å². The smallest absolute Gasteiger partial charge is 0.147 e. The number of hydrogen-bond donors (Lipinski definition) is 2. The Kier molecular flexibility index (Phi) is 3.83. The highest BCUT2D eigenvalue weighted by molar-refractivity contribution is 5.39. The van der Waals surface area contributed by atoms with E-state index in [1.54, 1.807) is 13.1 Å². The zero-order valence-electron chi connectivity index (χ0n) is 8.91. The first-order chi connectivity index (χ1) is 6.59. The number of hydrogen-bond acceptors (Lipinski definition) is 4. The van der Waals surface area contributed by atoms with Gasteiger partial charge in [0.15, 0.2) is 0 Å². The molecule has 0 amide bonds. The summed E-state index contributed by atoms with van der Waals surface area (Å²) in [6, 6.07) is 0. The lowest BCUT2D eigenvalue weighted by Crippen LogP contribution is -2.12. The van der Waals surface area contributed by atoms with E-state index in [1.165, 1.54) is 0 Å². The third kappa shape index (κ3) is 3.30. The van der Waals surface area contributed by atoms with Crippen LogP contribution in [0.4, 0.5) is 5.82 Å². The number of aliphatic hydroxyl groups excluding tert-OH is 1. The summed E-state index contributed by atoms with van der Waals surface area (Å²) in [6.45, 7) is 6.32. The third-order valence-corrected chi connectivity index (χ3v) is 1.93. The molecule has 1 aromatic rings. The maximum atomic E-state index is 9.08. The van der Waals surface area contributed by atoms with E-state index in [4.69, 9.17) is 5.11 Å². The highest BCUT2D eigenvalue weighted by Gasteiger charge is 2.01. The standard InChI is InChI=1S/C10H17N3O/c1-7-6-12-9(3)10(13-7)11-5-4-8(2)14/h6,8,14H,4-5H2,1-3H3,(H,11,13)/t8-/m1/s1. The topological polar surface area (TPSA) is 58.0 Å². The lowest BCUT2D eigenvalue weighted by atomic mass is 10.3. The molecule has 1 heterocycles. The van der Waals surface area contributed by atoms with E-state index >= 15 is 0 Å². The largest absolute Gasteiger partial charge is 0.393 e. The number of rotatable bonds is 4. The van der Waals surface area contributed by atoms with Crippen LogP contribution in [0.15, 0.2) is 6.20 Å². The molecule has 2 N–H and O–H groups in total. The van der Waals surface area contributed by atoms with Crippen molar-refractivity contribution in [3.8, 4) is 0 Å². The molecule has 14 heavy (non-hydrogen) atoms. The number of aryl methyl sites for hydroxylation is 2. The Morgan fingerprint density at radius 3 is 2.86 bits per heavy atom. The van der Waals surface area contributed by atoms with Crippen molar-refractivity contribution in [2.75, 3.05) is 11.9 Å². The average Bonchev–Trinajstić information content (AvgIpc) is 2.10. The van der Waals surface area contributed by atoms with E-state index < -0.39 is 0 Å². The zero-order chi connectivity index (χ0) is 10.6. The Hall–Kier alpha value is -1.16. The number of aromatic nitrogens is 2. The van der Waals surface area contributed by atoms with E-state index in [1.807, 2.05) is 13.8 Å². The van der Waals surface area contributed by atoms with Crippen LogP contribution in [0.3, 0.4) is 0 Å². The van der Waals surface area contributed by atoms with Crippen molar-refractivity contribution in [1.82, 2.24) is 9.97 Å². The molecule has 4 nitrogen and oxygen atoms in total. The van der Waals surface area contributed by atoms with Gasteiger partial charge in [0.1, 0.15) is 5.82 Å². The minimum absolute atomic E-state index is 0.277. The fourth-order valence-electron chi connectivity index (χ4n) is 1.10. The molecule has 0 aromatic carbocycles. The van der Waals surface area contributed by atoms with Gasteiger partial charge in [0.05, 0.1) is 17.5 Å². The molecule has 1 rings (SSSR count). The van der Waals surface area contributed by atoms with Crippen molar-refractivity contribution >= 4 is 5.82 Å². The van der Waals surface area contributed by atoms with Crippen LogP contribution >= 0.6 is 0 Å². The van der Waals surface area contributed by atoms with Crippen molar-refractivity contribution < 1.29 is 5.11 Å². The molecule has 0 spiro atoms. The minimum atomic E-state index is -0.277. The van der Waals surface area contributed by atoms with E-state index in [0.717, 1.165) is 30.2 Å². The first kappa shape index (κ1) is 10.9. The van der Waals surface area contributed by atoms with Crippen molar-refractivity contribution in [2.24, 2.45) is 0 Å². The highest BCUT2D eigenvalue weighted by Crippen LogP contribution is 2.08. The van der Waals surface area contributed by atoms with E-state index in [-0.39, 0.29) is 6.10 Å². The van der Waals surface area contributed by atoms with Crippen molar-refractivity contribution in [2.45, 2.75) is 33.3 Å². The number of nitrogens with zero attached hydrogens (tertiary/aromatic N) is 2. The van der Waals surface area contributed by atoms with Crippen LogP contribution in [-0.2, 0) is 0 Å². The predicted molar refractivity (Wildman–Crippen MR) is 56.3 cm³/mol. The molecule has 1 aromatic heterocycles. The molecule has 0 radical (unpaired) electrons. The van der Waals surface area contributed by atoms with Gasteiger partial charge in [0, 0.05) is 12.7 Å². The lowest BCUT2D eigenvalue weighted by Gasteiger charge is -2.09. The molecule has 0 aliphatic heterocycles. The molecular weight excluding hydrogens is 178 g/mol. The van der Waals surface area contributed by atoms with Crippen LogP contribution in [0.5, 0.6) is 0 Å². The van der Waals surface area contributed by atoms with Crippen LogP contribution in [0.25, 0.3) is 0 Å². The first-order valence-electron chi connectivity index (χ1n) is 4.82. The van der Waals surface area contributed by atoms with Gasteiger partial charge in [-0.15, -0.1) is 0 Å². The van der Waals surface area contributed by atoms with Crippen molar-refractivity contribution in [1.29, 1.82) is 0 Å². The summed E-state index contributed by atoms with van der Waals surface area (Å²) >= 11 is 0. The van der Waals surface area contributed by atoms with Gasteiger partial charge >= 0.3 is 0 Å². The van der Waals surface area contributed by atoms with Gasteiger partial charge in [0.25, 0.3) is 0 Å². The minimum Gasteiger partial charge on any atom is -0.393 e. The maximum absolute atomic E-state index is 9.08. The summed E-state index contributed by atoms with van der Waals surface area (Å²) in [6.07, 6.45) is 2.19. The quantitative estimate of drug-likeness (QED) is 0.759. The van der Waals surface area contributed by atoms with Gasteiger partial charge in [-0.05, 0) is 27.2 Å². The average molecular weight is 195 g/mol. The second kappa shape index (κ2) is 4.91. The second-order valence-corrected chi connectivity index (χ2v) is 3.51. The molecule has 0 saturated heterocycles. The van der Waals surface area contributed by atoms with Gasteiger partial charge in [-0.25, -0.2) is 4.98 Å². The fourth-order valence-corrected chi connectivity index (χ4v) is 1.10. The monoisotopic (exact) mass is 195 g/mol. The zero-order valence-corrected chi connectivity index (χ0v) is 8.91. The van der Waals surface area contributed by atoms with Crippen molar-refractivity contribution in [3.63, 3.8) is 0 Å². The fraction of sp³-hybridized carbons (Fsp3) is 0.600. The molecule has 78 valence electrons. The Labute approximate surface area is 84.4 Å². The Morgan fingerprint density at radius 2 is 2.21 bits per heavy atom. The summed E-state index contributed by atoms with van der Waals surface area (Å²) in [4.78, 5) is 8.50. The van der Waals surface area contributed by atoms with Gasteiger partial charge in [-0.2, -0.15) is 0 Å². The molecule has 0 aliphatic rings. The Bertz CT molecular complexity index is 299. The van der Waals surface area contributed by atoms with Crippen LogP contribution in [0.2, 0.25) is 0 Å². The third-order valence-electron chi connectivity index (χ3n) is 1.93. The van der Waals surface area contributed by atoms with E-state index in [9.17, 15) is 0 Å². The number of aliphatic hydroxyl groups is 1. The summed E-state index contributed by atoms with van der Waals surface area (Å²) < 4.78 is 0. The van der Waals surface area contributed by atoms with Crippen LogP contribution in [0.1, 0.15) is 24.7 Å². The molecule has 0 aliphatic carbocycles. The molecule has 0 fully saturated rings. The van der Waals surface area contributed by atoms with Gasteiger partial charge in [0.2, 0.25) is 0 Å². The summed E-state index contributed by atoms with van der Waals surface area (Å²) in [5.41, 5.74) is 1.79. The van der Waals surface area contributed by atoms with Crippen molar-refractivity contribution in [3.05, 3.63) is 17.6 Å². The van der Waals surface area contributed by atoms with Gasteiger partial charge in [-0.3, -0.25) is 4.98 Å². The number of anilines is 1. The lowest BCUT2D eigenvalue weighted by molar-refractivity contribution is 0.188.